The highest BCUT2D eigenvalue weighted by atomic mass is 79.9. The minimum Gasteiger partial charge on any atom is -0.493 e. The molecule has 1 unspecified atom stereocenters. The summed E-state index contributed by atoms with van der Waals surface area (Å²) in [6.07, 6.45) is -0.885. The number of halogens is 3. The highest BCUT2D eigenvalue weighted by Crippen LogP contribution is 2.31. The molecule has 0 amide bonds. The van der Waals surface area contributed by atoms with Gasteiger partial charge in [0.1, 0.15) is 17.7 Å². The number of benzene rings is 2. The summed E-state index contributed by atoms with van der Waals surface area (Å²) in [6.45, 7) is 2.47. The molecule has 0 aliphatic carbocycles. The summed E-state index contributed by atoms with van der Waals surface area (Å²) in [5.41, 5.74) is 1.17. The normalized spacial score (nSPS) is 12.2. The Kier molecular flexibility index (Phi) is 5.18. The lowest BCUT2D eigenvalue weighted by Gasteiger charge is -2.14. The van der Waals surface area contributed by atoms with Crippen molar-refractivity contribution in [2.24, 2.45) is 0 Å². The van der Waals surface area contributed by atoms with Crippen LogP contribution < -0.4 is 4.74 Å². The fourth-order valence-corrected chi connectivity index (χ4v) is 2.59. The Labute approximate surface area is 133 Å². The Hall–Kier alpha value is -0.910. The van der Waals surface area contributed by atoms with Crippen LogP contribution in [0.4, 0.5) is 4.39 Å². The third kappa shape index (κ3) is 3.40. The molecule has 0 saturated carbocycles. The molecule has 2 rings (SSSR count). The van der Waals surface area contributed by atoms with Crippen LogP contribution >= 0.6 is 31.9 Å². The first-order valence-corrected chi connectivity index (χ1v) is 7.66. The van der Waals surface area contributed by atoms with E-state index in [4.69, 9.17) is 4.74 Å². The smallest absolute Gasteiger partial charge is 0.137 e. The van der Waals surface area contributed by atoms with Crippen molar-refractivity contribution in [3.05, 3.63) is 62.3 Å². The van der Waals surface area contributed by atoms with E-state index in [9.17, 15) is 9.50 Å². The van der Waals surface area contributed by atoms with Crippen molar-refractivity contribution in [1.82, 2.24) is 0 Å². The van der Waals surface area contributed by atoms with Crippen molar-refractivity contribution in [3.8, 4) is 5.75 Å². The maximum absolute atomic E-state index is 13.5. The summed E-state index contributed by atoms with van der Waals surface area (Å²) in [5.74, 6) is 0.317. The minimum atomic E-state index is -0.885. The van der Waals surface area contributed by atoms with Gasteiger partial charge in [-0.25, -0.2) is 4.39 Å². The second kappa shape index (κ2) is 6.70. The van der Waals surface area contributed by atoms with E-state index in [2.05, 4.69) is 31.9 Å². The predicted octanol–water partition coefficient (Wildman–Crippen LogP) is 4.83. The first-order valence-electron chi connectivity index (χ1n) is 6.08. The van der Waals surface area contributed by atoms with Crippen molar-refractivity contribution in [3.63, 3.8) is 0 Å². The zero-order valence-corrected chi connectivity index (χ0v) is 13.9. The van der Waals surface area contributed by atoms with E-state index in [0.717, 1.165) is 4.47 Å². The van der Waals surface area contributed by atoms with Gasteiger partial charge in [-0.15, -0.1) is 0 Å². The van der Waals surface area contributed by atoms with Gasteiger partial charge in [-0.2, -0.15) is 0 Å². The van der Waals surface area contributed by atoms with Gasteiger partial charge < -0.3 is 9.84 Å². The van der Waals surface area contributed by atoms with E-state index >= 15 is 0 Å². The molecule has 0 heterocycles. The number of aliphatic hydroxyl groups is 1. The van der Waals surface area contributed by atoms with Crippen LogP contribution in [0.25, 0.3) is 0 Å². The zero-order chi connectivity index (χ0) is 14.7. The quantitative estimate of drug-likeness (QED) is 0.791. The SMILES string of the molecule is CCOc1ccc(C(O)c2ccc(Br)c(F)c2)cc1Br. The Morgan fingerprint density at radius 1 is 1.10 bits per heavy atom. The lowest BCUT2D eigenvalue weighted by atomic mass is 10.0. The number of hydrogen-bond donors (Lipinski definition) is 1. The third-order valence-electron chi connectivity index (χ3n) is 2.83. The lowest BCUT2D eigenvalue weighted by molar-refractivity contribution is 0.219. The van der Waals surface area contributed by atoms with Crippen LogP contribution in [-0.4, -0.2) is 11.7 Å². The molecule has 0 radical (unpaired) electrons. The number of aliphatic hydroxyl groups excluding tert-OH is 1. The molecule has 5 heteroatoms. The van der Waals surface area contributed by atoms with Gasteiger partial charge in [0.25, 0.3) is 0 Å². The number of rotatable bonds is 4. The van der Waals surface area contributed by atoms with Crippen molar-refractivity contribution in [2.45, 2.75) is 13.0 Å². The van der Waals surface area contributed by atoms with Crippen molar-refractivity contribution >= 4 is 31.9 Å². The molecule has 0 spiro atoms. The first kappa shape index (κ1) is 15.5. The van der Waals surface area contributed by atoms with E-state index < -0.39 is 11.9 Å². The minimum absolute atomic E-state index is 0.376. The van der Waals surface area contributed by atoms with E-state index in [0.29, 0.717) is 28.0 Å². The van der Waals surface area contributed by atoms with Gasteiger partial charge in [-0.05, 0) is 74.2 Å². The van der Waals surface area contributed by atoms with Crippen LogP contribution in [-0.2, 0) is 0 Å². The molecule has 2 aromatic carbocycles. The predicted molar refractivity (Wildman–Crippen MR) is 83.5 cm³/mol. The molecule has 20 heavy (non-hydrogen) atoms. The fraction of sp³-hybridized carbons (Fsp3) is 0.200. The van der Waals surface area contributed by atoms with E-state index in [1.54, 1.807) is 30.3 Å². The average molecular weight is 404 g/mol. The van der Waals surface area contributed by atoms with Crippen LogP contribution in [0.15, 0.2) is 45.3 Å². The molecule has 0 aliphatic heterocycles. The van der Waals surface area contributed by atoms with Crippen molar-refractivity contribution < 1.29 is 14.2 Å². The summed E-state index contributed by atoms with van der Waals surface area (Å²) in [4.78, 5) is 0. The summed E-state index contributed by atoms with van der Waals surface area (Å²) in [7, 11) is 0. The average Bonchev–Trinajstić information content (AvgIpc) is 2.43. The zero-order valence-electron chi connectivity index (χ0n) is 10.7. The molecule has 2 aromatic rings. The standard InChI is InChI=1S/C15H13Br2FO2/c1-2-20-14-6-4-9(7-12(14)17)15(19)10-3-5-11(16)13(18)8-10/h3-8,15,19H,2H2,1H3. The molecular weight excluding hydrogens is 391 g/mol. The second-order valence-corrected chi connectivity index (χ2v) is 5.91. The van der Waals surface area contributed by atoms with Crippen molar-refractivity contribution in [1.29, 1.82) is 0 Å². The summed E-state index contributed by atoms with van der Waals surface area (Å²) in [5, 5.41) is 10.3. The van der Waals surface area contributed by atoms with Crippen LogP contribution in [0.2, 0.25) is 0 Å². The third-order valence-corrected chi connectivity index (χ3v) is 4.09. The van der Waals surface area contributed by atoms with Gasteiger partial charge in [-0.3, -0.25) is 0 Å². The molecule has 106 valence electrons. The van der Waals surface area contributed by atoms with Crippen LogP contribution in [0.3, 0.4) is 0 Å². The molecule has 0 bridgehead atoms. The monoisotopic (exact) mass is 402 g/mol. The van der Waals surface area contributed by atoms with Gasteiger partial charge in [0.2, 0.25) is 0 Å². The number of hydrogen-bond acceptors (Lipinski definition) is 2. The molecule has 0 saturated heterocycles. The lowest BCUT2D eigenvalue weighted by Crippen LogP contribution is -2.01. The summed E-state index contributed by atoms with van der Waals surface area (Å²) >= 11 is 6.49. The Balaban J connectivity index is 2.30. The maximum atomic E-state index is 13.5. The molecule has 1 N–H and O–H groups in total. The molecule has 0 fully saturated rings. The second-order valence-electron chi connectivity index (χ2n) is 4.20. The van der Waals surface area contributed by atoms with Gasteiger partial charge in [0.15, 0.2) is 0 Å². The maximum Gasteiger partial charge on any atom is 0.137 e. The van der Waals surface area contributed by atoms with Gasteiger partial charge in [0.05, 0.1) is 15.6 Å². The largest absolute Gasteiger partial charge is 0.493 e. The highest BCUT2D eigenvalue weighted by molar-refractivity contribution is 9.10. The van der Waals surface area contributed by atoms with E-state index in [-0.39, 0.29) is 0 Å². The Bertz CT molecular complexity index is 617. The Morgan fingerprint density at radius 3 is 2.35 bits per heavy atom. The highest BCUT2D eigenvalue weighted by Gasteiger charge is 2.14. The summed E-state index contributed by atoms with van der Waals surface area (Å²) < 4.78 is 20.1. The van der Waals surface area contributed by atoms with Crippen molar-refractivity contribution in [2.75, 3.05) is 6.61 Å². The molecule has 1 atom stereocenters. The van der Waals surface area contributed by atoms with E-state index in [1.807, 2.05) is 6.92 Å². The molecular formula is C15H13Br2FO2. The van der Waals surface area contributed by atoms with Crippen LogP contribution in [0.1, 0.15) is 24.2 Å². The first-order chi connectivity index (χ1) is 9.52. The van der Waals surface area contributed by atoms with Gasteiger partial charge >= 0.3 is 0 Å². The van der Waals surface area contributed by atoms with Crippen LogP contribution in [0.5, 0.6) is 5.75 Å². The molecule has 0 aromatic heterocycles. The summed E-state index contributed by atoms with van der Waals surface area (Å²) in [6, 6.07) is 9.90. The van der Waals surface area contributed by atoms with Gasteiger partial charge in [0, 0.05) is 0 Å². The molecule has 2 nitrogen and oxygen atoms in total. The topological polar surface area (TPSA) is 29.5 Å². The van der Waals surface area contributed by atoms with Gasteiger partial charge in [-0.1, -0.05) is 12.1 Å². The fourth-order valence-electron chi connectivity index (χ4n) is 1.83. The molecule has 0 aliphatic rings. The Morgan fingerprint density at radius 2 is 1.75 bits per heavy atom. The van der Waals surface area contributed by atoms with E-state index in [1.165, 1.54) is 6.07 Å². The number of ether oxygens (including phenoxy) is 1. The van der Waals surface area contributed by atoms with Crippen LogP contribution in [0, 0.1) is 5.82 Å².